The molecule has 8 nitrogen and oxygen atoms in total. The number of rotatable bonds is 0. The fraction of sp³-hybridized carbons (Fsp3) is 0. The van der Waals surface area contributed by atoms with E-state index in [0.717, 1.165) is 0 Å². The third-order valence-corrected chi connectivity index (χ3v) is 0.333. The molecular formula is C4BiO8-4. The van der Waals surface area contributed by atoms with Crippen LogP contribution in [0.25, 0.3) is 0 Å². The molecule has 73 valence electrons. The summed E-state index contributed by atoms with van der Waals surface area (Å²) >= 11 is 0. The predicted octanol–water partition coefficient (Wildman–Crippen LogP) is -7.41. The van der Waals surface area contributed by atoms with Crippen molar-refractivity contribution in [2.75, 3.05) is 0 Å². The molecule has 0 saturated heterocycles. The Labute approximate surface area is 89.9 Å². The van der Waals surface area contributed by atoms with E-state index in [1.165, 1.54) is 0 Å². The number of carbonyl (C=O) groups is 4. The van der Waals surface area contributed by atoms with Gasteiger partial charge in [0.25, 0.3) is 0 Å². The van der Waals surface area contributed by atoms with Crippen molar-refractivity contribution in [2.45, 2.75) is 0 Å². The second-order valence-electron chi connectivity index (χ2n) is 1.15. The van der Waals surface area contributed by atoms with Crippen molar-refractivity contribution in [1.82, 2.24) is 0 Å². The minimum absolute atomic E-state index is 0. The van der Waals surface area contributed by atoms with E-state index in [1.807, 2.05) is 0 Å². The van der Waals surface area contributed by atoms with Gasteiger partial charge in [-0.15, -0.1) is 0 Å². The molecule has 0 saturated carbocycles. The molecule has 0 aromatic rings. The molecule has 0 rings (SSSR count). The fourth-order valence-corrected chi connectivity index (χ4v) is 0. The van der Waals surface area contributed by atoms with Gasteiger partial charge in [-0.3, -0.25) is 0 Å². The number of hydrogen-bond donors (Lipinski definition) is 0. The first-order valence-corrected chi connectivity index (χ1v) is 2.13. The molecule has 0 aromatic heterocycles. The van der Waals surface area contributed by atoms with Crippen LogP contribution in [-0.4, -0.2) is 50.1 Å². The van der Waals surface area contributed by atoms with Gasteiger partial charge >= 0.3 is 0 Å². The molecule has 0 bridgehead atoms. The predicted molar refractivity (Wildman–Crippen MR) is 25.8 cm³/mol. The van der Waals surface area contributed by atoms with E-state index in [-0.39, 0.29) is 26.2 Å². The molecule has 0 aliphatic heterocycles. The van der Waals surface area contributed by atoms with Gasteiger partial charge in [0.2, 0.25) is 0 Å². The molecule has 0 amide bonds. The summed E-state index contributed by atoms with van der Waals surface area (Å²) < 4.78 is 0. The van der Waals surface area contributed by atoms with Crippen LogP contribution in [0.3, 0.4) is 0 Å². The van der Waals surface area contributed by atoms with Crippen LogP contribution in [0.15, 0.2) is 0 Å². The smallest absolute Gasteiger partial charge is 0.0870 e. The Hall–Kier alpha value is -1.24. The van der Waals surface area contributed by atoms with E-state index in [1.54, 1.807) is 0 Å². The van der Waals surface area contributed by atoms with Gasteiger partial charge in [-0.25, -0.2) is 0 Å². The summed E-state index contributed by atoms with van der Waals surface area (Å²) in [6, 6.07) is 0. The Bertz CT molecular complexity index is 172. The summed E-state index contributed by atoms with van der Waals surface area (Å²) in [5.74, 6) is -8.74. The van der Waals surface area contributed by atoms with Gasteiger partial charge in [0.15, 0.2) is 0 Å². The van der Waals surface area contributed by atoms with E-state index in [2.05, 4.69) is 0 Å². The molecule has 9 heteroatoms. The first kappa shape index (κ1) is 17.7. The first-order valence-electron chi connectivity index (χ1n) is 2.13. The molecule has 13 heavy (non-hydrogen) atoms. The molecule has 0 aromatic carbocycles. The number of aliphatic carboxylic acids is 4. The monoisotopic (exact) mass is 385 g/mol. The number of carboxylic acid groups (broad SMARTS) is 4. The average molecular weight is 385 g/mol. The van der Waals surface area contributed by atoms with Crippen molar-refractivity contribution in [1.29, 1.82) is 0 Å². The van der Waals surface area contributed by atoms with E-state index in [0.29, 0.717) is 0 Å². The standard InChI is InChI=1S/2C2H2O4.Bi/c2*3-1(4)2(5)6;/h2*(H,3,4)(H,5,6);/p-4. The molecule has 0 atom stereocenters. The minimum atomic E-state index is -2.19. The molecule has 0 spiro atoms. The van der Waals surface area contributed by atoms with E-state index < -0.39 is 23.9 Å². The van der Waals surface area contributed by atoms with E-state index >= 15 is 0 Å². The normalized spacial score (nSPS) is 6.77. The van der Waals surface area contributed by atoms with Crippen molar-refractivity contribution in [3.8, 4) is 0 Å². The zero-order valence-electron chi connectivity index (χ0n) is 5.71. The molecule has 3 radical (unpaired) electrons. The first-order chi connectivity index (χ1) is 5.29. The van der Waals surface area contributed by atoms with Gasteiger partial charge in [0.05, 0.1) is 23.9 Å². The van der Waals surface area contributed by atoms with Crippen LogP contribution in [0.5, 0.6) is 0 Å². The van der Waals surface area contributed by atoms with Crippen LogP contribution >= 0.6 is 0 Å². The number of carbonyl (C=O) groups excluding carboxylic acids is 4. The van der Waals surface area contributed by atoms with Gasteiger partial charge in [-0.1, -0.05) is 0 Å². The second-order valence-corrected chi connectivity index (χ2v) is 1.15. The number of carboxylic acids is 4. The van der Waals surface area contributed by atoms with Crippen LogP contribution < -0.4 is 20.4 Å². The van der Waals surface area contributed by atoms with Gasteiger partial charge in [-0.2, -0.15) is 0 Å². The maximum Gasteiger partial charge on any atom is 0.0870 e. The Morgan fingerprint density at radius 3 is 0.615 bits per heavy atom. The van der Waals surface area contributed by atoms with Crippen molar-refractivity contribution in [2.24, 2.45) is 0 Å². The Kier molecular flexibility index (Phi) is 12.1. The average Bonchev–Trinajstić information content (AvgIpc) is 1.88. The van der Waals surface area contributed by atoms with Gasteiger partial charge in [0, 0.05) is 26.2 Å². The van der Waals surface area contributed by atoms with Gasteiger partial charge in [0.1, 0.15) is 0 Å². The minimum Gasteiger partial charge on any atom is -0.543 e. The van der Waals surface area contributed by atoms with Crippen LogP contribution in [0, 0.1) is 0 Å². The Morgan fingerprint density at radius 1 is 0.538 bits per heavy atom. The third-order valence-electron chi connectivity index (χ3n) is 0.333. The molecule has 0 N–H and O–H groups in total. The quantitative estimate of drug-likeness (QED) is 0.294. The van der Waals surface area contributed by atoms with Crippen molar-refractivity contribution in [3.05, 3.63) is 0 Å². The largest absolute Gasteiger partial charge is 0.543 e. The van der Waals surface area contributed by atoms with Crippen molar-refractivity contribution < 1.29 is 39.6 Å². The maximum absolute atomic E-state index is 8.93. The summed E-state index contributed by atoms with van der Waals surface area (Å²) in [6.45, 7) is 0. The summed E-state index contributed by atoms with van der Waals surface area (Å²) in [5.41, 5.74) is 0. The maximum atomic E-state index is 8.93. The molecule has 0 fully saturated rings. The summed E-state index contributed by atoms with van der Waals surface area (Å²) in [7, 11) is 0. The van der Waals surface area contributed by atoms with Crippen LogP contribution in [0.2, 0.25) is 0 Å². The summed E-state index contributed by atoms with van der Waals surface area (Å²) in [6.07, 6.45) is 0. The summed E-state index contributed by atoms with van der Waals surface area (Å²) in [5, 5.41) is 35.7. The second kappa shape index (κ2) is 8.86. The van der Waals surface area contributed by atoms with Crippen molar-refractivity contribution >= 4 is 50.1 Å². The molecule has 0 heterocycles. The zero-order valence-corrected chi connectivity index (χ0v) is 9.19. The molecule has 0 aliphatic carbocycles. The van der Waals surface area contributed by atoms with Crippen LogP contribution in [-0.2, 0) is 19.2 Å². The fourth-order valence-electron chi connectivity index (χ4n) is 0. The van der Waals surface area contributed by atoms with Crippen molar-refractivity contribution in [3.63, 3.8) is 0 Å². The Balaban J connectivity index is -0.000000143. The number of hydrogen-bond acceptors (Lipinski definition) is 8. The third kappa shape index (κ3) is 18.1. The Morgan fingerprint density at radius 2 is 0.615 bits per heavy atom. The van der Waals surface area contributed by atoms with Gasteiger partial charge in [-0.05, 0) is 0 Å². The molecular weight excluding hydrogens is 385 g/mol. The van der Waals surface area contributed by atoms with Crippen LogP contribution in [0.4, 0.5) is 0 Å². The topological polar surface area (TPSA) is 161 Å². The zero-order chi connectivity index (χ0) is 10.3. The molecule has 0 aliphatic rings. The summed E-state index contributed by atoms with van der Waals surface area (Å²) in [4.78, 5) is 35.7. The molecule has 0 unspecified atom stereocenters. The van der Waals surface area contributed by atoms with Gasteiger partial charge < -0.3 is 39.6 Å². The SMILES string of the molecule is O=C([O-])C(=O)[O-].O=C([O-])C(=O)[O-].[Bi]. The van der Waals surface area contributed by atoms with E-state index in [9.17, 15) is 0 Å². The van der Waals surface area contributed by atoms with E-state index in [4.69, 9.17) is 39.6 Å². The van der Waals surface area contributed by atoms with Crippen LogP contribution in [0.1, 0.15) is 0 Å².